The lowest BCUT2D eigenvalue weighted by molar-refractivity contribution is -0.107. The second-order valence-electron chi connectivity index (χ2n) is 3.18. The molecule has 0 saturated heterocycles. The number of hydrogen-bond acceptors (Lipinski definition) is 2. The zero-order chi connectivity index (χ0) is 9.26. The smallest absolute Gasteiger partial charge is 0.214 e. The molecule has 0 saturated carbocycles. The molecular formula is C10H11NO2. The van der Waals surface area contributed by atoms with Crippen LogP contribution in [0.1, 0.15) is 5.56 Å². The van der Waals surface area contributed by atoms with Gasteiger partial charge in [-0.1, -0.05) is 18.2 Å². The Morgan fingerprint density at radius 2 is 2.31 bits per heavy atom. The number of nitrogens with zero attached hydrogens (tertiary/aromatic N) is 1. The molecule has 1 aromatic carbocycles. The number of aliphatic hydroxyl groups is 1. The maximum Gasteiger partial charge on any atom is 0.214 e. The normalized spacial score (nSPS) is 20.1. The molecule has 1 aliphatic rings. The zero-order valence-corrected chi connectivity index (χ0v) is 7.18. The van der Waals surface area contributed by atoms with Crippen molar-refractivity contribution in [3.63, 3.8) is 0 Å². The first-order valence-corrected chi connectivity index (χ1v) is 4.29. The van der Waals surface area contributed by atoms with Crippen molar-refractivity contribution >= 4 is 12.1 Å². The van der Waals surface area contributed by atoms with Gasteiger partial charge in [0, 0.05) is 5.69 Å². The summed E-state index contributed by atoms with van der Waals surface area (Å²) < 4.78 is 0. The van der Waals surface area contributed by atoms with Crippen molar-refractivity contribution in [2.45, 2.75) is 12.5 Å². The molecule has 68 valence electrons. The van der Waals surface area contributed by atoms with Crippen molar-refractivity contribution in [3.8, 4) is 0 Å². The van der Waals surface area contributed by atoms with E-state index in [9.17, 15) is 4.79 Å². The molecule has 1 aromatic rings. The maximum atomic E-state index is 10.8. The lowest BCUT2D eigenvalue weighted by Crippen LogP contribution is -2.33. The summed E-state index contributed by atoms with van der Waals surface area (Å²) in [5.41, 5.74) is 2.06. The Labute approximate surface area is 76.6 Å². The van der Waals surface area contributed by atoms with E-state index in [2.05, 4.69) is 0 Å². The van der Waals surface area contributed by atoms with Crippen LogP contribution in [-0.4, -0.2) is 24.2 Å². The first-order chi connectivity index (χ1) is 6.36. The lowest BCUT2D eigenvalue weighted by Gasteiger charge is -2.17. The monoisotopic (exact) mass is 177 g/mol. The molecule has 0 radical (unpaired) electrons. The van der Waals surface area contributed by atoms with E-state index < -0.39 is 0 Å². The molecule has 1 aliphatic heterocycles. The highest BCUT2D eigenvalue weighted by atomic mass is 16.3. The minimum Gasteiger partial charge on any atom is -0.394 e. The summed E-state index contributed by atoms with van der Waals surface area (Å²) in [6.45, 7) is 0.0212. The largest absolute Gasteiger partial charge is 0.394 e. The number of amides is 1. The molecule has 0 aromatic heterocycles. The van der Waals surface area contributed by atoms with Crippen LogP contribution in [0.4, 0.5) is 5.69 Å². The number of aliphatic hydroxyl groups excluding tert-OH is 1. The third-order valence-corrected chi connectivity index (χ3v) is 2.44. The Bertz CT molecular complexity index is 324. The van der Waals surface area contributed by atoms with Crippen molar-refractivity contribution < 1.29 is 9.90 Å². The molecule has 3 heteroatoms. The van der Waals surface area contributed by atoms with Gasteiger partial charge in [-0.05, 0) is 18.1 Å². The van der Waals surface area contributed by atoms with Gasteiger partial charge >= 0.3 is 0 Å². The maximum absolute atomic E-state index is 10.8. The molecule has 3 nitrogen and oxygen atoms in total. The number of rotatable bonds is 2. The van der Waals surface area contributed by atoms with E-state index in [0.29, 0.717) is 0 Å². The fourth-order valence-electron chi connectivity index (χ4n) is 1.78. The Hall–Kier alpha value is -1.35. The molecule has 0 spiro atoms. The van der Waals surface area contributed by atoms with E-state index in [1.165, 1.54) is 0 Å². The number of anilines is 1. The summed E-state index contributed by atoms with van der Waals surface area (Å²) in [6.07, 6.45) is 1.54. The van der Waals surface area contributed by atoms with Crippen LogP contribution in [0.3, 0.4) is 0 Å². The molecule has 1 amide bonds. The van der Waals surface area contributed by atoms with Crippen molar-refractivity contribution in [2.75, 3.05) is 11.5 Å². The van der Waals surface area contributed by atoms with E-state index in [0.717, 1.165) is 24.1 Å². The van der Waals surface area contributed by atoms with E-state index in [1.54, 1.807) is 4.90 Å². The van der Waals surface area contributed by atoms with Crippen molar-refractivity contribution in [3.05, 3.63) is 29.8 Å². The van der Waals surface area contributed by atoms with Crippen LogP contribution in [0.25, 0.3) is 0 Å². The van der Waals surface area contributed by atoms with Crippen LogP contribution in [0, 0.1) is 0 Å². The van der Waals surface area contributed by atoms with E-state index >= 15 is 0 Å². The number of carbonyl (C=O) groups is 1. The molecule has 0 bridgehead atoms. The van der Waals surface area contributed by atoms with Crippen LogP contribution in [-0.2, 0) is 11.2 Å². The molecule has 1 atom stereocenters. The minimum absolute atomic E-state index is 0.0212. The number of benzene rings is 1. The SMILES string of the molecule is O=CN1c2ccccc2C[C@@H]1CO. The highest BCUT2D eigenvalue weighted by Crippen LogP contribution is 2.30. The summed E-state index contributed by atoms with van der Waals surface area (Å²) in [5.74, 6) is 0. The number of fused-ring (bicyclic) bond motifs is 1. The van der Waals surface area contributed by atoms with Crippen molar-refractivity contribution in [1.82, 2.24) is 0 Å². The summed E-state index contributed by atoms with van der Waals surface area (Å²) in [4.78, 5) is 12.3. The van der Waals surface area contributed by atoms with Crippen LogP contribution < -0.4 is 4.90 Å². The van der Waals surface area contributed by atoms with Gasteiger partial charge in [0.1, 0.15) is 0 Å². The second kappa shape index (κ2) is 3.18. The molecular weight excluding hydrogens is 166 g/mol. The first kappa shape index (κ1) is 8.26. The van der Waals surface area contributed by atoms with Gasteiger partial charge < -0.3 is 10.0 Å². The van der Waals surface area contributed by atoms with E-state index in [4.69, 9.17) is 5.11 Å². The van der Waals surface area contributed by atoms with Gasteiger partial charge in [-0.3, -0.25) is 4.79 Å². The van der Waals surface area contributed by atoms with Crippen LogP contribution >= 0.6 is 0 Å². The standard InChI is InChI=1S/C10H11NO2/c12-6-9-5-8-3-1-2-4-10(8)11(9)7-13/h1-4,7,9,12H,5-6H2/t9-/m1/s1. The number of para-hydroxylation sites is 1. The van der Waals surface area contributed by atoms with Gasteiger partial charge in [0.15, 0.2) is 0 Å². The summed E-state index contributed by atoms with van der Waals surface area (Å²) in [5, 5.41) is 9.04. The molecule has 2 rings (SSSR count). The first-order valence-electron chi connectivity index (χ1n) is 4.29. The fourth-order valence-corrected chi connectivity index (χ4v) is 1.78. The summed E-state index contributed by atoms with van der Waals surface area (Å²) >= 11 is 0. The highest BCUT2D eigenvalue weighted by molar-refractivity contribution is 5.80. The van der Waals surface area contributed by atoms with Gasteiger partial charge in [0.2, 0.25) is 6.41 Å². The summed E-state index contributed by atoms with van der Waals surface area (Å²) in [7, 11) is 0. The van der Waals surface area contributed by atoms with Crippen LogP contribution in [0.2, 0.25) is 0 Å². The quantitative estimate of drug-likeness (QED) is 0.671. The average Bonchev–Trinajstić information content (AvgIpc) is 2.55. The fraction of sp³-hybridized carbons (Fsp3) is 0.300. The average molecular weight is 177 g/mol. The Balaban J connectivity index is 2.39. The van der Waals surface area contributed by atoms with Crippen molar-refractivity contribution in [2.24, 2.45) is 0 Å². The number of carbonyl (C=O) groups excluding carboxylic acids is 1. The van der Waals surface area contributed by atoms with Crippen LogP contribution in [0.5, 0.6) is 0 Å². The Morgan fingerprint density at radius 1 is 1.54 bits per heavy atom. The molecule has 0 aliphatic carbocycles. The predicted molar refractivity (Wildman–Crippen MR) is 49.6 cm³/mol. The molecule has 0 unspecified atom stereocenters. The summed E-state index contributed by atoms with van der Waals surface area (Å²) in [6, 6.07) is 7.66. The molecule has 13 heavy (non-hydrogen) atoms. The zero-order valence-electron chi connectivity index (χ0n) is 7.18. The van der Waals surface area contributed by atoms with Crippen LogP contribution in [0.15, 0.2) is 24.3 Å². The third-order valence-electron chi connectivity index (χ3n) is 2.44. The second-order valence-corrected chi connectivity index (χ2v) is 3.18. The molecule has 0 fully saturated rings. The Morgan fingerprint density at radius 3 is 3.00 bits per heavy atom. The van der Waals surface area contributed by atoms with Gasteiger partial charge in [-0.25, -0.2) is 0 Å². The Kier molecular flexibility index (Phi) is 2.02. The highest BCUT2D eigenvalue weighted by Gasteiger charge is 2.27. The van der Waals surface area contributed by atoms with Gasteiger partial charge in [0.05, 0.1) is 12.6 Å². The predicted octanol–water partition coefficient (Wildman–Crippen LogP) is 0.566. The number of hydrogen-bond donors (Lipinski definition) is 1. The third kappa shape index (κ3) is 1.21. The van der Waals surface area contributed by atoms with E-state index in [-0.39, 0.29) is 12.6 Å². The van der Waals surface area contributed by atoms with Gasteiger partial charge in [-0.15, -0.1) is 0 Å². The minimum atomic E-state index is -0.0742. The molecule has 1 N–H and O–H groups in total. The molecule has 1 heterocycles. The lowest BCUT2D eigenvalue weighted by atomic mass is 10.1. The topological polar surface area (TPSA) is 40.5 Å². The van der Waals surface area contributed by atoms with Crippen molar-refractivity contribution in [1.29, 1.82) is 0 Å². The van der Waals surface area contributed by atoms with Gasteiger partial charge in [-0.2, -0.15) is 0 Å². The van der Waals surface area contributed by atoms with E-state index in [1.807, 2.05) is 24.3 Å². The van der Waals surface area contributed by atoms with Gasteiger partial charge in [0.25, 0.3) is 0 Å².